The lowest BCUT2D eigenvalue weighted by atomic mass is 9.98. The summed E-state index contributed by atoms with van der Waals surface area (Å²) >= 11 is 12.3. The van der Waals surface area contributed by atoms with Crippen molar-refractivity contribution < 1.29 is 14.4 Å². The summed E-state index contributed by atoms with van der Waals surface area (Å²) in [6.07, 6.45) is 0. The Hall–Kier alpha value is -3.73. The minimum atomic E-state index is -0.731. The second-order valence-corrected chi connectivity index (χ2v) is 6.92. The van der Waals surface area contributed by atoms with Gasteiger partial charge in [0.05, 0.1) is 5.56 Å². The zero-order valence-electron chi connectivity index (χ0n) is 15.5. The molecule has 6 N–H and O–H groups in total. The van der Waals surface area contributed by atoms with Crippen LogP contribution in [0, 0.1) is 0 Å². The molecule has 158 valence electrons. The molecule has 0 atom stereocenters. The van der Waals surface area contributed by atoms with Gasteiger partial charge >= 0.3 is 0 Å². The molecule has 0 saturated carbocycles. The molecule has 0 fully saturated rings. The van der Waals surface area contributed by atoms with Gasteiger partial charge in [-0.15, -0.1) is 0 Å². The van der Waals surface area contributed by atoms with Gasteiger partial charge in [-0.3, -0.25) is 35.5 Å². The number of nitrogen functional groups attached to an aromatic ring is 1. The van der Waals surface area contributed by atoms with E-state index < -0.39 is 23.3 Å². The van der Waals surface area contributed by atoms with Gasteiger partial charge in [0, 0.05) is 27.2 Å². The summed E-state index contributed by atoms with van der Waals surface area (Å²) in [5.41, 5.74) is 7.14. The van der Waals surface area contributed by atoms with Crippen LogP contribution in [-0.2, 0) is 0 Å². The van der Waals surface area contributed by atoms with Crippen LogP contribution in [0.2, 0.25) is 10.0 Å². The summed E-state index contributed by atoms with van der Waals surface area (Å²) in [5, 5.41) is 6.17. The molecule has 10 nitrogen and oxygen atoms in total. The lowest BCUT2D eigenvalue weighted by Crippen LogP contribution is -2.42. The van der Waals surface area contributed by atoms with Gasteiger partial charge in [-0.25, -0.2) is 10.9 Å². The monoisotopic (exact) mass is 460 g/mol. The number of hydrogen-bond acceptors (Lipinski definition) is 6. The number of hydrazine groups is 2. The molecule has 0 aliphatic heterocycles. The minimum Gasteiger partial charge on any atom is -0.290 e. The van der Waals surface area contributed by atoms with Crippen LogP contribution >= 0.6 is 23.2 Å². The Kier molecular flexibility index (Phi) is 6.65. The first kappa shape index (κ1) is 22.0. The van der Waals surface area contributed by atoms with Crippen molar-refractivity contribution in [2.45, 2.75) is 0 Å². The maximum atomic E-state index is 12.3. The number of nitrogens with one attached hydrogen (secondary N) is 4. The standard InChI is InChI=1S/C19H14Cl2N6O4/c20-10-2-4-11(13(8-10)18(30)23-22)12-3-1-9(7-14(12)21)17(29)26-27-19(31)15-5-6-16(28)25-24-15/h1-8H,22H2,(H,23,30)(H,25,28)(H,26,29)(H,27,31). The van der Waals surface area contributed by atoms with E-state index in [-0.39, 0.29) is 21.8 Å². The Bertz CT molecular complexity index is 1220. The average molecular weight is 461 g/mol. The van der Waals surface area contributed by atoms with E-state index in [9.17, 15) is 19.2 Å². The fraction of sp³-hybridized carbons (Fsp3) is 0. The molecule has 0 bridgehead atoms. The lowest BCUT2D eigenvalue weighted by Gasteiger charge is -2.12. The average Bonchev–Trinajstić information content (AvgIpc) is 2.77. The first-order valence-corrected chi connectivity index (χ1v) is 9.32. The van der Waals surface area contributed by atoms with Crippen molar-refractivity contribution in [3.05, 3.63) is 85.8 Å². The first-order valence-electron chi connectivity index (χ1n) is 8.57. The molecule has 2 aromatic carbocycles. The van der Waals surface area contributed by atoms with Crippen molar-refractivity contribution in [2.24, 2.45) is 5.84 Å². The van der Waals surface area contributed by atoms with E-state index in [4.69, 9.17) is 29.0 Å². The van der Waals surface area contributed by atoms with Gasteiger partial charge in [0.2, 0.25) is 0 Å². The number of aromatic amines is 1. The normalized spacial score (nSPS) is 10.3. The summed E-state index contributed by atoms with van der Waals surface area (Å²) in [4.78, 5) is 47.3. The molecule has 0 spiro atoms. The van der Waals surface area contributed by atoms with Crippen LogP contribution in [-0.4, -0.2) is 27.9 Å². The number of carbonyl (C=O) groups excluding carboxylic acids is 3. The van der Waals surface area contributed by atoms with Crippen molar-refractivity contribution in [1.29, 1.82) is 0 Å². The van der Waals surface area contributed by atoms with Crippen molar-refractivity contribution >= 4 is 40.9 Å². The minimum absolute atomic E-state index is 0.0956. The topological polar surface area (TPSA) is 159 Å². The number of carbonyl (C=O) groups is 3. The Morgan fingerprint density at radius 1 is 0.871 bits per heavy atom. The van der Waals surface area contributed by atoms with Crippen LogP contribution in [0.1, 0.15) is 31.2 Å². The molecular formula is C19H14Cl2N6O4. The Morgan fingerprint density at radius 2 is 1.58 bits per heavy atom. The molecule has 0 aliphatic carbocycles. The van der Waals surface area contributed by atoms with Crippen LogP contribution < -0.4 is 27.7 Å². The number of hydrogen-bond donors (Lipinski definition) is 5. The van der Waals surface area contributed by atoms with Crippen molar-refractivity contribution in [1.82, 2.24) is 26.5 Å². The molecule has 0 aliphatic rings. The van der Waals surface area contributed by atoms with Crippen LogP contribution in [0.3, 0.4) is 0 Å². The van der Waals surface area contributed by atoms with E-state index >= 15 is 0 Å². The van der Waals surface area contributed by atoms with E-state index in [1.54, 1.807) is 18.2 Å². The van der Waals surface area contributed by atoms with E-state index in [2.05, 4.69) is 21.0 Å². The third kappa shape index (κ3) is 5.07. The molecule has 0 unspecified atom stereocenters. The third-order valence-corrected chi connectivity index (χ3v) is 4.63. The molecule has 3 amide bonds. The summed E-state index contributed by atoms with van der Waals surface area (Å²) in [6.45, 7) is 0. The van der Waals surface area contributed by atoms with Gasteiger partial charge in [-0.05, 0) is 35.9 Å². The molecule has 12 heteroatoms. The zero-order chi connectivity index (χ0) is 22.5. The van der Waals surface area contributed by atoms with Crippen LogP contribution in [0.25, 0.3) is 11.1 Å². The van der Waals surface area contributed by atoms with Gasteiger partial charge in [0.1, 0.15) is 0 Å². The molecular weight excluding hydrogens is 447 g/mol. The van der Waals surface area contributed by atoms with Gasteiger partial charge < -0.3 is 0 Å². The summed E-state index contributed by atoms with van der Waals surface area (Å²) < 4.78 is 0. The van der Waals surface area contributed by atoms with Gasteiger partial charge in [-0.1, -0.05) is 35.3 Å². The number of rotatable bonds is 4. The summed E-state index contributed by atoms with van der Waals surface area (Å²) in [7, 11) is 0. The quantitative estimate of drug-likeness (QED) is 0.225. The number of nitrogens with zero attached hydrogens (tertiary/aromatic N) is 1. The Morgan fingerprint density at radius 3 is 2.23 bits per heavy atom. The number of H-pyrrole nitrogens is 1. The largest absolute Gasteiger partial charge is 0.290 e. The number of benzene rings is 2. The molecule has 1 aromatic heterocycles. The van der Waals surface area contributed by atoms with Crippen molar-refractivity contribution in [3.8, 4) is 11.1 Å². The summed E-state index contributed by atoms with van der Waals surface area (Å²) in [5.74, 6) is 3.28. The molecule has 0 radical (unpaired) electrons. The van der Waals surface area contributed by atoms with E-state index in [1.807, 2.05) is 5.43 Å². The van der Waals surface area contributed by atoms with Gasteiger partial charge in [0.25, 0.3) is 23.3 Å². The van der Waals surface area contributed by atoms with Crippen molar-refractivity contribution in [3.63, 3.8) is 0 Å². The number of amides is 3. The smallest absolute Gasteiger partial charge is 0.290 e. The molecule has 3 aromatic rings. The Balaban J connectivity index is 1.79. The van der Waals surface area contributed by atoms with E-state index in [0.29, 0.717) is 16.1 Å². The highest BCUT2D eigenvalue weighted by atomic mass is 35.5. The highest BCUT2D eigenvalue weighted by Gasteiger charge is 2.17. The van der Waals surface area contributed by atoms with Gasteiger partial charge in [0.15, 0.2) is 5.69 Å². The molecule has 31 heavy (non-hydrogen) atoms. The summed E-state index contributed by atoms with van der Waals surface area (Å²) in [6, 6.07) is 11.3. The molecule has 0 saturated heterocycles. The van der Waals surface area contributed by atoms with Crippen LogP contribution in [0.15, 0.2) is 53.3 Å². The SMILES string of the molecule is NNC(=O)c1cc(Cl)ccc1-c1ccc(C(=O)NNC(=O)c2ccc(=O)[nH]n2)cc1Cl. The third-order valence-electron chi connectivity index (χ3n) is 4.08. The number of aromatic nitrogens is 2. The number of halogens is 2. The second-order valence-electron chi connectivity index (χ2n) is 6.07. The highest BCUT2D eigenvalue weighted by Crippen LogP contribution is 2.32. The Labute approximate surface area is 184 Å². The van der Waals surface area contributed by atoms with Crippen LogP contribution in [0.4, 0.5) is 0 Å². The maximum absolute atomic E-state index is 12.3. The first-order chi connectivity index (χ1) is 14.8. The van der Waals surface area contributed by atoms with Gasteiger partial charge in [-0.2, -0.15) is 5.10 Å². The fourth-order valence-corrected chi connectivity index (χ4v) is 3.07. The molecule has 3 rings (SSSR count). The fourth-order valence-electron chi connectivity index (χ4n) is 2.61. The number of nitrogens with two attached hydrogens (primary N) is 1. The zero-order valence-corrected chi connectivity index (χ0v) is 17.0. The van der Waals surface area contributed by atoms with E-state index in [0.717, 1.165) is 6.07 Å². The maximum Gasteiger partial charge on any atom is 0.290 e. The van der Waals surface area contributed by atoms with Crippen LogP contribution in [0.5, 0.6) is 0 Å². The highest BCUT2D eigenvalue weighted by molar-refractivity contribution is 6.34. The van der Waals surface area contributed by atoms with E-state index in [1.165, 1.54) is 24.3 Å². The predicted octanol–water partition coefficient (Wildman–Crippen LogP) is 1.42. The second kappa shape index (κ2) is 9.39. The predicted molar refractivity (Wildman–Crippen MR) is 113 cm³/mol. The molecule has 1 heterocycles. The van der Waals surface area contributed by atoms with Crippen molar-refractivity contribution in [2.75, 3.05) is 0 Å². The lowest BCUT2D eigenvalue weighted by molar-refractivity contribution is 0.0843.